The van der Waals surface area contributed by atoms with E-state index in [0.29, 0.717) is 30.4 Å². The quantitative estimate of drug-likeness (QED) is 0.882. The lowest BCUT2D eigenvalue weighted by Gasteiger charge is -2.28. The molecule has 0 aromatic carbocycles. The molecule has 0 spiro atoms. The van der Waals surface area contributed by atoms with Crippen LogP contribution in [0.4, 0.5) is 17.3 Å². The molecule has 0 bridgehead atoms. The van der Waals surface area contributed by atoms with Crippen LogP contribution in [0, 0.1) is 0 Å². The largest absolute Gasteiger partial charge is 0.488 e. The van der Waals surface area contributed by atoms with Crippen molar-refractivity contribution in [2.75, 3.05) is 36.9 Å². The van der Waals surface area contributed by atoms with Crippen LogP contribution in [0.2, 0.25) is 0 Å². The highest BCUT2D eigenvalue weighted by Crippen LogP contribution is 2.37. The molecular formula is C17H21N5O2. The molecule has 0 saturated carbocycles. The van der Waals surface area contributed by atoms with Crippen LogP contribution in [0.3, 0.4) is 0 Å². The van der Waals surface area contributed by atoms with Crippen LogP contribution in [0.25, 0.3) is 0 Å². The van der Waals surface area contributed by atoms with Gasteiger partial charge in [0.05, 0.1) is 6.54 Å². The summed E-state index contributed by atoms with van der Waals surface area (Å²) in [7, 11) is 0. The second-order valence-corrected chi connectivity index (χ2v) is 6.19. The van der Waals surface area contributed by atoms with Gasteiger partial charge in [0.25, 0.3) is 5.91 Å². The summed E-state index contributed by atoms with van der Waals surface area (Å²) in [6.45, 7) is 2.90. The summed E-state index contributed by atoms with van der Waals surface area (Å²) in [6.07, 6.45) is 5.03. The highest BCUT2D eigenvalue weighted by Gasteiger charge is 2.27. The van der Waals surface area contributed by atoms with E-state index in [0.717, 1.165) is 37.4 Å². The molecule has 7 heteroatoms. The first-order chi connectivity index (χ1) is 11.7. The number of likely N-dealkylation sites (tertiary alicyclic amines) is 1. The third-order valence-corrected chi connectivity index (χ3v) is 4.55. The van der Waals surface area contributed by atoms with E-state index in [-0.39, 0.29) is 5.91 Å². The average Bonchev–Trinajstić information content (AvgIpc) is 3.06. The maximum atomic E-state index is 12.7. The molecule has 126 valence electrons. The van der Waals surface area contributed by atoms with E-state index in [1.807, 2.05) is 23.1 Å². The van der Waals surface area contributed by atoms with Crippen molar-refractivity contribution in [1.82, 2.24) is 14.9 Å². The number of fused-ring (bicyclic) bond motifs is 1. The summed E-state index contributed by atoms with van der Waals surface area (Å²) in [5.74, 6) is 2.02. The van der Waals surface area contributed by atoms with E-state index in [9.17, 15) is 4.79 Å². The Labute approximate surface area is 140 Å². The van der Waals surface area contributed by atoms with Gasteiger partial charge in [-0.1, -0.05) is 0 Å². The standard InChI is InChI=1S/C17H21N5O2/c18-15-10-12(4-5-19-15)22-8-9-24-14-11-13(20-16(14)22)17(23)21-6-2-1-3-7-21/h4-5,10-11,20H,1-3,6-9H2,(H2,18,19). The second-order valence-electron chi connectivity index (χ2n) is 6.19. The van der Waals surface area contributed by atoms with Crippen LogP contribution in [-0.2, 0) is 0 Å². The first kappa shape index (κ1) is 14.9. The number of pyridine rings is 1. The monoisotopic (exact) mass is 327 g/mol. The fourth-order valence-electron chi connectivity index (χ4n) is 3.34. The van der Waals surface area contributed by atoms with Crippen LogP contribution >= 0.6 is 0 Å². The molecule has 4 heterocycles. The van der Waals surface area contributed by atoms with Crippen molar-refractivity contribution in [3.8, 4) is 5.75 Å². The van der Waals surface area contributed by atoms with Crippen molar-refractivity contribution < 1.29 is 9.53 Å². The molecule has 0 atom stereocenters. The Kier molecular flexibility index (Phi) is 3.76. The summed E-state index contributed by atoms with van der Waals surface area (Å²) in [4.78, 5) is 24.0. The molecule has 2 aliphatic rings. The summed E-state index contributed by atoms with van der Waals surface area (Å²) < 4.78 is 5.73. The molecule has 24 heavy (non-hydrogen) atoms. The number of aromatic nitrogens is 2. The number of nitrogens with two attached hydrogens (primary N) is 1. The number of aromatic amines is 1. The smallest absolute Gasteiger partial charge is 0.270 e. The molecular weight excluding hydrogens is 306 g/mol. The van der Waals surface area contributed by atoms with Crippen molar-refractivity contribution in [3.63, 3.8) is 0 Å². The number of hydrogen-bond acceptors (Lipinski definition) is 5. The molecule has 0 radical (unpaired) electrons. The lowest BCUT2D eigenvalue weighted by Crippen LogP contribution is -2.35. The van der Waals surface area contributed by atoms with Crippen molar-refractivity contribution in [1.29, 1.82) is 0 Å². The van der Waals surface area contributed by atoms with Gasteiger partial charge in [-0.15, -0.1) is 0 Å². The van der Waals surface area contributed by atoms with Gasteiger partial charge in [0.2, 0.25) is 0 Å². The molecule has 7 nitrogen and oxygen atoms in total. The van der Waals surface area contributed by atoms with E-state index >= 15 is 0 Å². The molecule has 3 N–H and O–H groups in total. The highest BCUT2D eigenvalue weighted by atomic mass is 16.5. The van der Waals surface area contributed by atoms with Gasteiger partial charge in [-0.25, -0.2) is 4.98 Å². The van der Waals surface area contributed by atoms with Crippen LogP contribution < -0.4 is 15.4 Å². The first-order valence-corrected chi connectivity index (χ1v) is 8.36. The minimum Gasteiger partial charge on any atom is -0.488 e. The Morgan fingerprint density at radius 1 is 1.21 bits per heavy atom. The number of amides is 1. The number of H-pyrrole nitrogens is 1. The molecule has 2 aliphatic heterocycles. The number of nitrogens with one attached hydrogen (secondary N) is 1. The molecule has 4 rings (SSSR count). The number of carbonyl (C=O) groups excluding carboxylic acids is 1. The average molecular weight is 327 g/mol. The third kappa shape index (κ3) is 2.66. The molecule has 0 aliphatic carbocycles. The summed E-state index contributed by atoms with van der Waals surface area (Å²) in [5, 5.41) is 0. The van der Waals surface area contributed by atoms with Gasteiger partial charge in [-0.05, 0) is 25.3 Å². The SMILES string of the molecule is Nc1cc(N2CCOc3cc(C(=O)N4CCCCC4)[nH]c32)ccn1. The fraction of sp³-hybridized carbons (Fsp3) is 0.412. The van der Waals surface area contributed by atoms with Crippen molar-refractivity contribution in [2.24, 2.45) is 0 Å². The number of hydrogen-bond donors (Lipinski definition) is 2. The Morgan fingerprint density at radius 3 is 2.83 bits per heavy atom. The number of carbonyl (C=O) groups is 1. The number of nitrogens with zero attached hydrogens (tertiary/aromatic N) is 3. The number of nitrogen functional groups attached to an aromatic ring is 1. The number of rotatable bonds is 2. The fourth-order valence-corrected chi connectivity index (χ4v) is 3.34. The van der Waals surface area contributed by atoms with Crippen LogP contribution in [0.5, 0.6) is 5.75 Å². The van der Waals surface area contributed by atoms with E-state index in [4.69, 9.17) is 10.5 Å². The minimum atomic E-state index is 0.0434. The van der Waals surface area contributed by atoms with Gasteiger partial charge >= 0.3 is 0 Å². The van der Waals surface area contributed by atoms with Gasteiger partial charge in [-0.3, -0.25) is 4.79 Å². The topological polar surface area (TPSA) is 87.5 Å². The Hall–Kier alpha value is -2.70. The van der Waals surface area contributed by atoms with Crippen LogP contribution in [0.15, 0.2) is 24.4 Å². The van der Waals surface area contributed by atoms with Gasteiger partial charge in [-0.2, -0.15) is 0 Å². The number of anilines is 3. The molecule has 1 saturated heterocycles. The van der Waals surface area contributed by atoms with E-state index in [2.05, 4.69) is 14.9 Å². The Balaban J connectivity index is 1.64. The van der Waals surface area contributed by atoms with E-state index < -0.39 is 0 Å². The molecule has 1 amide bonds. The lowest BCUT2D eigenvalue weighted by atomic mass is 10.1. The van der Waals surface area contributed by atoms with Crippen molar-refractivity contribution in [2.45, 2.75) is 19.3 Å². The first-order valence-electron chi connectivity index (χ1n) is 8.36. The zero-order valence-electron chi connectivity index (χ0n) is 13.5. The molecule has 0 unspecified atom stereocenters. The lowest BCUT2D eigenvalue weighted by molar-refractivity contribution is 0.0719. The number of piperidine rings is 1. The summed E-state index contributed by atoms with van der Waals surface area (Å²) in [5.41, 5.74) is 7.31. The van der Waals surface area contributed by atoms with Crippen molar-refractivity contribution in [3.05, 3.63) is 30.1 Å². The predicted octanol–water partition coefficient (Wildman–Crippen LogP) is 2.15. The molecule has 1 fully saturated rings. The van der Waals surface area contributed by atoms with E-state index in [1.165, 1.54) is 6.42 Å². The predicted molar refractivity (Wildman–Crippen MR) is 91.7 cm³/mol. The van der Waals surface area contributed by atoms with Crippen molar-refractivity contribution >= 4 is 23.2 Å². The van der Waals surface area contributed by atoms with Gasteiger partial charge < -0.3 is 25.3 Å². The Bertz CT molecular complexity index is 751. The Morgan fingerprint density at radius 2 is 2.04 bits per heavy atom. The van der Waals surface area contributed by atoms with Gasteiger partial charge in [0.1, 0.15) is 18.1 Å². The zero-order chi connectivity index (χ0) is 16.5. The maximum Gasteiger partial charge on any atom is 0.270 e. The number of ether oxygens (including phenoxy) is 1. The summed E-state index contributed by atoms with van der Waals surface area (Å²) >= 11 is 0. The molecule has 2 aromatic heterocycles. The molecule has 2 aromatic rings. The highest BCUT2D eigenvalue weighted by molar-refractivity contribution is 5.94. The summed E-state index contributed by atoms with van der Waals surface area (Å²) in [6, 6.07) is 5.53. The minimum absolute atomic E-state index is 0.0434. The van der Waals surface area contributed by atoms with E-state index in [1.54, 1.807) is 6.20 Å². The second kappa shape index (κ2) is 6.07. The third-order valence-electron chi connectivity index (χ3n) is 4.55. The van der Waals surface area contributed by atoms with Crippen LogP contribution in [0.1, 0.15) is 29.8 Å². The normalized spacial score (nSPS) is 17.3. The van der Waals surface area contributed by atoms with Crippen LogP contribution in [-0.4, -0.2) is 47.0 Å². The van der Waals surface area contributed by atoms with Gasteiger partial charge in [0, 0.05) is 37.1 Å². The van der Waals surface area contributed by atoms with Gasteiger partial charge in [0.15, 0.2) is 11.6 Å². The maximum absolute atomic E-state index is 12.7. The zero-order valence-corrected chi connectivity index (χ0v) is 13.5.